The van der Waals surface area contributed by atoms with E-state index in [4.69, 9.17) is 0 Å². The van der Waals surface area contributed by atoms with E-state index in [1.807, 2.05) is 0 Å². The Morgan fingerprint density at radius 3 is 2.37 bits per heavy atom. The molecule has 2 nitrogen and oxygen atoms in total. The summed E-state index contributed by atoms with van der Waals surface area (Å²) in [5.74, 6) is 0. The molecule has 0 aromatic heterocycles. The van der Waals surface area contributed by atoms with E-state index in [1.165, 1.54) is 17.7 Å². The molecule has 2 rings (SSSR count). The van der Waals surface area contributed by atoms with Gasteiger partial charge in [-0.3, -0.25) is 0 Å². The summed E-state index contributed by atoms with van der Waals surface area (Å²) in [5, 5.41) is 3.61. The van der Waals surface area contributed by atoms with Crippen LogP contribution in [-0.2, 0) is 5.41 Å². The number of nitrogens with zero attached hydrogens (tertiary/aromatic N) is 1. The lowest BCUT2D eigenvalue weighted by Gasteiger charge is -2.40. The van der Waals surface area contributed by atoms with E-state index in [2.05, 4.69) is 69.1 Å². The van der Waals surface area contributed by atoms with Gasteiger partial charge < -0.3 is 10.2 Å². The van der Waals surface area contributed by atoms with Crippen molar-refractivity contribution < 1.29 is 0 Å². The van der Waals surface area contributed by atoms with Crippen LogP contribution in [-0.4, -0.2) is 25.2 Å². The van der Waals surface area contributed by atoms with Crippen molar-refractivity contribution in [1.29, 1.82) is 0 Å². The van der Waals surface area contributed by atoms with Crippen LogP contribution < -0.4 is 10.2 Å². The number of anilines is 1. The van der Waals surface area contributed by atoms with Gasteiger partial charge in [-0.1, -0.05) is 39.8 Å². The molecule has 106 valence electrons. The molecule has 1 aliphatic heterocycles. The smallest absolute Gasteiger partial charge is 0.0387 e. The second-order valence-corrected chi connectivity index (χ2v) is 6.81. The van der Waals surface area contributed by atoms with Gasteiger partial charge in [-0.2, -0.15) is 0 Å². The average Bonchev–Trinajstić information content (AvgIpc) is 2.38. The fourth-order valence-electron chi connectivity index (χ4n) is 2.72. The third kappa shape index (κ3) is 3.30. The molecular weight excluding hydrogens is 232 g/mol. The molecule has 19 heavy (non-hydrogen) atoms. The number of rotatable bonds is 2. The molecular formula is C17H28N2. The molecule has 1 fully saturated rings. The molecule has 1 N–H and O–H groups in total. The molecule has 1 saturated heterocycles. The summed E-state index contributed by atoms with van der Waals surface area (Å²) < 4.78 is 0. The van der Waals surface area contributed by atoms with Gasteiger partial charge in [0.2, 0.25) is 0 Å². The lowest BCUT2D eigenvalue weighted by molar-refractivity contribution is 0.397. The summed E-state index contributed by atoms with van der Waals surface area (Å²) >= 11 is 0. The second kappa shape index (κ2) is 5.54. The topological polar surface area (TPSA) is 15.3 Å². The van der Waals surface area contributed by atoms with Crippen molar-refractivity contribution in [1.82, 2.24) is 5.32 Å². The van der Waals surface area contributed by atoms with Crippen molar-refractivity contribution in [3.05, 3.63) is 29.8 Å². The molecule has 2 unspecified atom stereocenters. The fourth-order valence-corrected chi connectivity index (χ4v) is 2.72. The first-order valence-corrected chi connectivity index (χ1v) is 7.52. The largest absolute Gasteiger partial charge is 0.366 e. The molecule has 0 radical (unpaired) electrons. The van der Waals surface area contributed by atoms with E-state index in [9.17, 15) is 0 Å². The normalized spacial score (nSPS) is 24.6. The van der Waals surface area contributed by atoms with Gasteiger partial charge in [-0.15, -0.1) is 0 Å². The predicted octanol–water partition coefficient (Wildman–Crippen LogP) is 3.56. The van der Waals surface area contributed by atoms with E-state index in [1.54, 1.807) is 0 Å². The maximum atomic E-state index is 3.61. The van der Waals surface area contributed by atoms with E-state index in [-0.39, 0.29) is 5.41 Å². The second-order valence-electron chi connectivity index (χ2n) is 6.81. The minimum atomic E-state index is 0.236. The Morgan fingerprint density at radius 2 is 1.84 bits per heavy atom. The summed E-state index contributed by atoms with van der Waals surface area (Å²) in [6.45, 7) is 13.6. The highest BCUT2D eigenvalue weighted by Gasteiger charge is 2.24. The predicted molar refractivity (Wildman–Crippen MR) is 84.0 cm³/mol. The Labute approximate surface area is 118 Å². The zero-order chi connectivity index (χ0) is 14.0. The van der Waals surface area contributed by atoms with Crippen LogP contribution >= 0.6 is 0 Å². The van der Waals surface area contributed by atoms with Crippen molar-refractivity contribution in [3.8, 4) is 0 Å². The Morgan fingerprint density at radius 1 is 1.21 bits per heavy atom. The molecule has 0 saturated carbocycles. The fraction of sp³-hybridized carbons (Fsp3) is 0.647. The van der Waals surface area contributed by atoms with Gasteiger partial charge in [0.15, 0.2) is 0 Å². The van der Waals surface area contributed by atoms with E-state index < -0.39 is 0 Å². The van der Waals surface area contributed by atoms with Crippen LogP contribution in [0.15, 0.2) is 24.3 Å². The van der Waals surface area contributed by atoms with E-state index in [0.29, 0.717) is 12.1 Å². The van der Waals surface area contributed by atoms with Crippen LogP contribution in [0.25, 0.3) is 0 Å². The van der Waals surface area contributed by atoms with Gasteiger partial charge in [-0.05, 0) is 36.5 Å². The third-order valence-corrected chi connectivity index (χ3v) is 4.21. The first-order chi connectivity index (χ1) is 8.91. The minimum absolute atomic E-state index is 0.236. The summed E-state index contributed by atoms with van der Waals surface area (Å²) in [6.07, 6.45) is 1.20. The zero-order valence-electron chi connectivity index (χ0n) is 13.0. The van der Waals surface area contributed by atoms with Gasteiger partial charge in [0.25, 0.3) is 0 Å². The van der Waals surface area contributed by atoms with Crippen molar-refractivity contribution >= 4 is 5.69 Å². The van der Waals surface area contributed by atoms with Crippen molar-refractivity contribution in [2.45, 2.75) is 58.5 Å². The number of piperazine rings is 1. The van der Waals surface area contributed by atoms with Crippen LogP contribution in [0, 0.1) is 0 Å². The Hall–Kier alpha value is -1.02. The lowest BCUT2D eigenvalue weighted by Crippen LogP contribution is -2.55. The Balaban J connectivity index is 2.16. The zero-order valence-corrected chi connectivity index (χ0v) is 13.0. The molecule has 0 spiro atoms. The van der Waals surface area contributed by atoms with Gasteiger partial charge in [0, 0.05) is 30.9 Å². The highest BCUT2D eigenvalue weighted by molar-refractivity contribution is 5.50. The summed E-state index contributed by atoms with van der Waals surface area (Å²) in [5.41, 5.74) is 3.01. The molecule has 2 atom stereocenters. The van der Waals surface area contributed by atoms with Gasteiger partial charge in [0.1, 0.15) is 0 Å². The van der Waals surface area contributed by atoms with Gasteiger partial charge in [-0.25, -0.2) is 0 Å². The Kier molecular flexibility index (Phi) is 4.19. The minimum Gasteiger partial charge on any atom is -0.366 e. The summed E-state index contributed by atoms with van der Waals surface area (Å²) in [6, 6.07) is 10.3. The van der Waals surface area contributed by atoms with Crippen molar-refractivity contribution in [3.63, 3.8) is 0 Å². The third-order valence-electron chi connectivity index (χ3n) is 4.21. The first-order valence-electron chi connectivity index (χ1n) is 7.52. The highest BCUT2D eigenvalue weighted by Crippen LogP contribution is 2.26. The SMILES string of the molecule is CCC1CN(c2ccc(C(C)(C)C)cc2)C(C)CN1. The van der Waals surface area contributed by atoms with Crippen LogP contribution in [0.5, 0.6) is 0 Å². The first kappa shape index (κ1) is 14.4. The lowest BCUT2D eigenvalue weighted by atomic mass is 9.87. The van der Waals surface area contributed by atoms with Crippen LogP contribution in [0.1, 0.15) is 46.6 Å². The van der Waals surface area contributed by atoms with Gasteiger partial charge >= 0.3 is 0 Å². The quantitative estimate of drug-likeness (QED) is 0.874. The van der Waals surface area contributed by atoms with Gasteiger partial charge in [0.05, 0.1) is 0 Å². The van der Waals surface area contributed by atoms with E-state index >= 15 is 0 Å². The van der Waals surface area contributed by atoms with Crippen molar-refractivity contribution in [2.75, 3.05) is 18.0 Å². The average molecular weight is 260 g/mol. The standard InChI is InChI=1S/C17H28N2/c1-6-15-12-19(13(2)11-18-15)16-9-7-14(8-10-16)17(3,4)5/h7-10,13,15,18H,6,11-12H2,1-5H3. The van der Waals surface area contributed by atoms with Crippen molar-refractivity contribution in [2.24, 2.45) is 0 Å². The van der Waals surface area contributed by atoms with E-state index in [0.717, 1.165) is 13.1 Å². The molecule has 1 aliphatic rings. The summed E-state index contributed by atoms with van der Waals surface area (Å²) in [7, 11) is 0. The maximum Gasteiger partial charge on any atom is 0.0387 e. The molecule has 2 heteroatoms. The van der Waals surface area contributed by atoms with Crippen LogP contribution in [0.4, 0.5) is 5.69 Å². The molecule has 1 aromatic rings. The highest BCUT2D eigenvalue weighted by atomic mass is 15.2. The monoisotopic (exact) mass is 260 g/mol. The van der Waals surface area contributed by atoms with Crippen LogP contribution in [0.2, 0.25) is 0 Å². The molecule has 1 heterocycles. The molecule has 0 bridgehead atoms. The number of hydrogen-bond acceptors (Lipinski definition) is 2. The summed E-state index contributed by atoms with van der Waals surface area (Å²) in [4.78, 5) is 2.54. The number of nitrogens with one attached hydrogen (secondary N) is 1. The molecule has 0 amide bonds. The maximum absolute atomic E-state index is 3.61. The van der Waals surface area contributed by atoms with Crippen LogP contribution in [0.3, 0.4) is 0 Å². The number of hydrogen-bond donors (Lipinski definition) is 1. The molecule has 0 aliphatic carbocycles. The molecule has 1 aromatic carbocycles. The number of benzene rings is 1. The Bertz CT molecular complexity index is 402.